The minimum absolute atomic E-state index is 0.673. The first-order chi connectivity index (χ1) is 7.81. The first-order valence-electron chi connectivity index (χ1n) is 5.97. The molecule has 16 heavy (non-hydrogen) atoms. The third-order valence-corrected chi connectivity index (χ3v) is 3.43. The fraction of sp³-hybridized carbons (Fsp3) is 0.583. The van der Waals surface area contributed by atoms with Gasteiger partial charge in [0, 0.05) is 13.1 Å². The maximum atomic E-state index is 5.29. The molecule has 0 amide bonds. The number of nitrogen functional groups attached to an aromatic ring is 1. The molecule has 4 nitrogen and oxygen atoms in total. The Morgan fingerprint density at radius 2 is 2.06 bits per heavy atom. The highest BCUT2D eigenvalue weighted by Gasteiger charge is 2.18. The molecule has 1 saturated carbocycles. The van der Waals surface area contributed by atoms with Crippen LogP contribution < -0.4 is 16.2 Å². The average Bonchev–Trinajstić information content (AvgIpc) is 2.39. The number of nitrogens with zero attached hydrogens (tertiary/aromatic N) is 2. The van der Waals surface area contributed by atoms with E-state index in [1.165, 1.54) is 37.8 Å². The molecule has 0 atom stereocenters. The van der Waals surface area contributed by atoms with E-state index in [1.807, 2.05) is 12.3 Å². The summed E-state index contributed by atoms with van der Waals surface area (Å²) in [5.41, 5.74) is 3.72. The molecule has 4 heteroatoms. The van der Waals surface area contributed by atoms with Crippen LogP contribution in [0.25, 0.3) is 0 Å². The molecule has 0 unspecified atom stereocenters. The Bertz CT molecular complexity index is 316. The van der Waals surface area contributed by atoms with Crippen LogP contribution in [-0.4, -0.2) is 18.1 Å². The summed E-state index contributed by atoms with van der Waals surface area (Å²) in [6.07, 6.45) is 8.57. The van der Waals surface area contributed by atoms with Crippen molar-refractivity contribution in [3.05, 3.63) is 18.3 Å². The highest BCUT2D eigenvalue weighted by molar-refractivity contribution is 5.49. The van der Waals surface area contributed by atoms with Gasteiger partial charge in [0.05, 0.1) is 11.9 Å². The van der Waals surface area contributed by atoms with Crippen molar-refractivity contribution in [3.63, 3.8) is 0 Å². The molecule has 1 heterocycles. The molecule has 0 saturated heterocycles. The second kappa shape index (κ2) is 5.16. The molecule has 2 rings (SSSR count). The van der Waals surface area contributed by atoms with Gasteiger partial charge in [-0.15, -0.1) is 0 Å². The van der Waals surface area contributed by atoms with Crippen molar-refractivity contribution < 1.29 is 0 Å². The predicted molar refractivity (Wildman–Crippen MR) is 67.3 cm³/mol. The Hall–Kier alpha value is -1.29. The van der Waals surface area contributed by atoms with E-state index in [0.29, 0.717) is 11.9 Å². The van der Waals surface area contributed by atoms with Crippen LogP contribution in [0.15, 0.2) is 18.3 Å². The van der Waals surface area contributed by atoms with E-state index in [9.17, 15) is 0 Å². The summed E-state index contributed by atoms with van der Waals surface area (Å²) in [5, 5.41) is 0. The quantitative estimate of drug-likeness (QED) is 0.605. The van der Waals surface area contributed by atoms with Gasteiger partial charge in [0.2, 0.25) is 0 Å². The van der Waals surface area contributed by atoms with Crippen molar-refractivity contribution in [1.82, 2.24) is 4.98 Å². The zero-order valence-electron chi connectivity index (χ0n) is 9.82. The monoisotopic (exact) mass is 220 g/mol. The van der Waals surface area contributed by atoms with Gasteiger partial charge in [-0.1, -0.05) is 19.3 Å². The third-order valence-electron chi connectivity index (χ3n) is 3.43. The maximum absolute atomic E-state index is 5.29. The molecule has 1 aromatic heterocycles. The second-order valence-electron chi connectivity index (χ2n) is 4.45. The smallest absolute Gasteiger partial charge is 0.140 e. The van der Waals surface area contributed by atoms with Crippen LogP contribution >= 0.6 is 0 Å². The zero-order chi connectivity index (χ0) is 11.4. The van der Waals surface area contributed by atoms with Gasteiger partial charge in [-0.05, 0) is 25.0 Å². The lowest BCUT2D eigenvalue weighted by atomic mass is 9.94. The van der Waals surface area contributed by atoms with Crippen LogP contribution in [0.1, 0.15) is 32.1 Å². The lowest BCUT2D eigenvalue weighted by Gasteiger charge is -2.32. The van der Waals surface area contributed by atoms with Gasteiger partial charge in [0.25, 0.3) is 0 Å². The summed E-state index contributed by atoms with van der Waals surface area (Å²) < 4.78 is 0. The summed E-state index contributed by atoms with van der Waals surface area (Å²) in [4.78, 5) is 6.58. The normalized spacial score (nSPS) is 17.1. The van der Waals surface area contributed by atoms with Gasteiger partial charge in [0.1, 0.15) is 5.82 Å². The number of hydrogen-bond acceptors (Lipinski definition) is 4. The van der Waals surface area contributed by atoms with Gasteiger partial charge >= 0.3 is 0 Å². The molecule has 1 aliphatic carbocycles. The molecule has 1 aromatic rings. The van der Waals surface area contributed by atoms with Gasteiger partial charge in [-0.3, -0.25) is 0 Å². The molecule has 0 aliphatic heterocycles. The summed E-state index contributed by atoms with van der Waals surface area (Å²) in [6, 6.07) is 4.65. The molecular formula is C12H20N4. The number of pyridine rings is 1. The van der Waals surface area contributed by atoms with Crippen molar-refractivity contribution in [2.45, 2.75) is 38.1 Å². The van der Waals surface area contributed by atoms with E-state index in [-0.39, 0.29) is 0 Å². The minimum atomic E-state index is 0.673. The number of aromatic nitrogens is 1. The van der Waals surface area contributed by atoms with Crippen molar-refractivity contribution in [2.75, 3.05) is 17.4 Å². The number of hydrogen-bond donors (Lipinski definition) is 2. The van der Waals surface area contributed by atoms with Gasteiger partial charge in [0.15, 0.2) is 0 Å². The molecule has 1 aliphatic rings. The van der Waals surface area contributed by atoms with Crippen LogP contribution in [0.5, 0.6) is 0 Å². The molecule has 0 spiro atoms. The highest BCUT2D eigenvalue weighted by atomic mass is 15.2. The molecule has 3 N–H and O–H groups in total. The topological polar surface area (TPSA) is 54.2 Å². The van der Waals surface area contributed by atoms with Crippen LogP contribution in [0, 0.1) is 0 Å². The number of anilines is 2. The van der Waals surface area contributed by atoms with E-state index in [1.54, 1.807) is 0 Å². The first kappa shape index (κ1) is 11.2. The first-order valence-corrected chi connectivity index (χ1v) is 5.97. The minimum Gasteiger partial charge on any atom is -0.370 e. The Labute approximate surface area is 96.8 Å². The Balaban J connectivity index is 2.04. The molecular weight excluding hydrogens is 200 g/mol. The number of rotatable bonds is 3. The van der Waals surface area contributed by atoms with Crippen molar-refractivity contribution >= 4 is 11.5 Å². The molecule has 1 fully saturated rings. The van der Waals surface area contributed by atoms with E-state index in [4.69, 9.17) is 5.84 Å². The number of nitrogens with two attached hydrogens (primary N) is 1. The fourth-order valence-electron chi connectivity index (χ4n) is 2.36. The number of nitrogens with one attached hydrogen (secondary N) is 1. The maximum Gasteiger partial charge on any atom is 0.140 e. The highest BCUT2D eigenvalue weighted by Crippen LogP contribution is 2.25. The lowest BCUT2D eigenvalue weighted by Crippen LogP contribution is -2.33. The second-order valence-corrected chi connectivity index (χ2v) is 4.45. The largest absolute Gasteiger partial charge is 0.370 e. The van der Waals surface area contributed by atoms with Crippen LogP contribution in [0.4, 0.5) is 11.5 Å². The zero-order valence-corrected chi connectivity index (χ0v) is 9.82. The van der Waals surface area contributed by atoms with Crippen LogP contribution in [0.2, 0.25) is 0 Å². The van der Waals surface area contributed by atoms with Crippen LogP contribution in [-0.2, 0) is 0 Å². The van der Waals surface area contributed by atoms with E-state index in [0.717, 1.165) is 0 Å². The predicted octanol–water partition coefficient (Wildman–Crippen LogP) is 2.14. The molecule has 0 aromatic carbocycles. The van der Waals surface area contributed by atoms with Crippen LogP contribution in [0.3, 0.4) is 0 Å². The third kappa shape index (κ3) is 2.44. The molecule has 0 radical (unpaired) electrons. The van der Waals surface area contributed by atoms with Crippen molar-refractivity contribution in [2.24, 2.45) is 5.84 Å². The summed E-state index contributed by atoms with van der Waals surface area (Å²) >= 11 is 0. The molecule has 0 bridgehead atoms. The summed E-state index contributed by atoms with van der Waals surface area (Å²) in [6.45, 7) is 0. The van der Waals surface area contributed by atoms with E-state index in [2.05, 4.69) is 28.4 Å². The Morgan fingerprint density at radius 1 is 1.31 bits per heavy atom. The average molecular weight is 220 g/mol. The van der Waals surface area contributed by atoms with E-state index >= 15 is 0 Å². The van der Waals surface area contributed by atoms with E-state index < -0.39 is 0 Å². The van der Waals surface area contributed by atoms with Gasteiger partial charge in [-0.25, -0.2) is 10.8 Å². The number of hydrazine groups is 1. The van der Waals surface area contributed by atoms with Crippen molar-refractivity contribution in [3.8, 4) is 0 Å². The summed E-state index contributed by atoms with van der Waals surface area (Å²) in [5.74, 6) is 6.00. The summed E-state index contributed by atoms with van der Waals surface area (Å²) in [7, 11) is 2.16. The van der Waals surface area contributed by atoms with Gasteiger partial charge < -0.3 is 10.3 Å². The lowest BCUT2D eigenvalue weighted by molar-refractivity contribution is 0.427. The SMILES string of the molecule is CN(c1ccc(NN)nc1)C1CCCCC1. The standard InChI is InChI=1S/C12H20N4/c1-16(10-5-3-2-4-6-10)11-7-8-12(15-13)14-9-11/h7-10H,2-6,13H2,1H3,(H,14,15). The van der Waals surface area contributed by atoms with Gasteiger partial charge in [-0.2, -0.15) is 0 Å². The Kier molecular flexibility index (Phi) is 3.62. The Morgan fingerprint density at radius 3 is 2.62 bits per heavy atom. The fourth-order valence-corrected chi connectivity index (χ4v) is 2.36. The molecule has 88 valence electrons. The van der Waals surface area contributed by atoms with Crippen molar-refractivity contribution in [1.29, 1.82) is 0 Å².